The third-order valence-electron chi connectivity index (χ3n) is 3.99. The van der Waals surface area contributed by atoms with Crippen LogP contribution in [0.15, 0.2) is 0 Å². The second-order valence-electron chi connectivity index (χ2n) is 4.77. The van der Waals surface area contributed by atoms with Crippen molar-refractivity contribution < 1.29 is 0 Å². The average molecular weight is 168 g/mol. The van der Waals surface area contributed by atoms with Crippen LogP contribution in [-0.2, 0) is 0 Å². The molecular formula is C12H24. The fraction of sp³-hybridized carbons (Fsp3) is 1.00. The van der Waals surface area contributed by atoms with E-state index in [0.29, 0.717) is 0 Å². The van der Waals surface area contributed by atoms with Gasteiger partial charge in [0.05, 0.1) is 0 Å². The van der Waals surface area contributed by atoms with Crippen LogP contribution in [0, 0.1) is 23.7 Å². The highest BCUT2D eigenvalue weighted by Gasteiger charge is 2.32. The maximum atomic E-state index is 2.45. The van der Waals surface area contributed by atoms with Crippen LogP contribution in [0.3, 0.4) is 0 Å². The van der Waals surface area contributed by atoms with Gasteiger partial charge in [-0.1, -0.05) is 40.5 Å². The summed E-state index contributed by atoms with van der Waals surface area (Å²) in [5, 5.41) is 0. The minimum atomic E-state index is 0.955. The van der Waals surface area contributed by atoms with Crippen LogP contribution in [0.1, 0.15) is 53.4 Å². The summed E-state index contributed by atoms with van der Waals surface area (Å²) in [6, 6.07) is 0. The molecule has 0 spiro atoms. The van der Waals surface area contributed by atoms with E-state index in [0.717, 1.165) is 23.7 Å². The zero-order valence-corrected chi connectivity index (χ0v) is 9.14. The third-order valence-corrected chi connectivity index (χ3v) is 3.99. The van der Waals surface area contributed by atoms with E-state index in [-0.39, 0.29) is 0 Å². The van der Waals surface area contributed by atoms with Crippen molar-refractivity contribution in [3.63, 3.8) is 0 Å². The van der Waals surface area contributed by atoms with E-state index in [4.69, 9.17) is 0 Å². The Bertz CT molecular complexity index is 128. The molecule has 0 heteroatoms. The maximum Gasteiger partial charge on any atom is -0.0360 e. The Morgan fingerprint density at radius 2 is 1.92 bits per heavy atom. The van der Waals surface area contributed by atoms with Crippen LogP contribution in [0.2, 0.25) is 0 Å². The van der Waals surface area contributed by atoms with Crippen molar-refractivity contribution in [3.8, 4) is 0 Å². The average Bonchev–Trinajstić information content (AvgIpc) is 2.45. The minimum Gasteiger partial charge on any atom is -0.0651 e. The van der Waals surface area contributed by atoms with Crippen molar-refractivity contribution >= 4 is 0 Å². The molecule has 0 aromatic carbocycles. The zero-order chi connectivity index (χ0) is 9.14. The topological polar surface area (TPSA) is 0 Å². The zero-order valence-electron chi connectivity index (χ0n) is 9.14. The standard InChI is InChI=1S/C12H24/c1-5-9(3)12-8-11(6-2)7-10(12)4/h9-12H,5-8H2,1-4H3. The quantitative estimate of drug-likeness (QED) is 0.595. The lowest BCUT2D eigenvalue weighted by Crippen LogP contribution is -2.13. The van der Waals surface area contributed by atoms with Gasteiger partial charge in [-0.3, -0.25) is 0 Å². The molecule has 1 rings (SSSR count). The van der Waals surface area contributed by atoms with Crippen molar-refractivity contribution in [1.82, 2.24) is 0 Å². The molecule has 1 aliphatic carbocycles. The smallest absolute Gasteiger partial charge is 0.0360 e. The summed E-state index contributed by atoms with van der Waals surface area (Å²) in [7, 11) is 0. The molecule has 0 N–H and O–H groups in total. The second kappa shape index (κ2) is 4.30. The maximum absolute atomic E-state index is 2.45. The highest BCUT2D eigenvalue weighted by atomic mass is 14.4. The molecule has 12 heavy (non-hydrogen) atoms. The summed E-state index contributed by atoms with van der Waals surface area (Å²) >= 11 is 0. The Hall–Kier alpha value is 0. The molecule has 0 bridgehead atoms. The molecule has 0 radical (unpaired) electrons. The summed E-state index contributed by atoms with van der Waals surface area (Å²) < 4.78 is 0. The van der Waals surface area contributed by atoms with E-state index in [1.165, 1.54) is 25.7 Å². The van der Waals surface area contributed by atoms with Gasteiger partial charge < -0.3 is 0 Å². The van der Waals surface area contributed by atoms with Crippen molar-refractivity contribution in [2.75, 3.05) is 0 Å². The molecule has 0 aromatic rings. The lowest BCUT2D eigenvalue weighted by atomic mass is 9.84. The van der Waals surface area contributed by atoms with Crippen LogP contribution in [0.5, 0.6) is 0 Å². The second-order valence-corrected chi connectivity index (χ2v) is 4.77. The van der Waals surface area contributed by atoms with Gasteiger partial charge >= 0.3 is 0 Å². The summed E-state index contributed by atoms with van der Waals surface area (Å²) in [5.41, 5.74) is 0. The van der Waals surface area contributed by atoms with Crippen molar-refractivity contribution in [2.24, 2.45) is 23.7 Å². The molecule has 0 nitrogen and oxygen atoms in total. The van der Waals surface area contributed by atoms with E-state index >= 15 is 0 Å². The Balaban J connectivity index is 2.45. The predicted octanol–water partition coefficient (Wildman–Crippen LogP) is 4.10. The lowest BCUT2D eigenvalue weighted by molar-refractivity contribution is 0.285. The van der Waals surface area contributed by atoms with Gasteiger partial charge in [-0.05, 0) is 36.5 Å². The van der Waals surface area contributed by atoms with Crippen LogP contribution >= 0.6 is 0 Å². The molecule has 1 aliphatic rings. The molecule has 0 amide bonds. The number of hydrogen-bond acceptors (Lipinski definition) is 0. The highest BCUT2D eigenvalue weighted by Crippen LogP contribution is 2.42. The highest BCUT2D eigenvalue weighted by molar-refractivity contribution is 4.82. The fourth-order valence-corrected chi connectivity index (χ4v) is 2.84. The molecule has 0 saturated heterocycles. The van der Waals surface area contributed by atoms with Crippen LogP contribution < -0.4 is 0 Å². The fourth-order valence-electron chi connectivity index (χ4n) is 2.84. The first kappa shape index (κ1) is 10.1. The van der Waals surface area contributed by atoms with Crippen molar-refractivity contribution in [2.45, 2.75) is 53.4 Å². The van der Waals surface area contributed by atoms with E-state index in [9.17, 15) is 0 Å². The molecule has 1 fully saturated rings. The first-order chi connectivity index (χ1) is 5.69. The van der Waals surface area contributed by atoms with Crippen molar-refractivity contribution in [1.29, 1.82) is 0 Å². The first-order valence-electron chi connectivity index (χ1n) is 5.69. The Morgan fingerprint density at radius 1 is 1.25 bits per heavy atom. The molecule has 4 unspecified atom stereocenters. The van der Waals surface area contributed by atoms with E-state index in [1.54, 1.807) is 0 Å². The predicted molar refractivity (Wildman–Crippen MR) is 55.1 cm³/mol. The Labute approximate surface area is 77.7 Å². The molecule has 0 aromatic heterocycles. The molecule has 72 valence electrons. The van der Waals surface area contributed by atoms with Gasteiger partial charge in [0.2, 0.25) is 0 Å². The van der Waals surface area contributed by atoms with Gasteiger partial charge in [-0.2, -0.15) is 0 Å². The van der Waals surface area contributed by atoms with E-state index in [1.807, 2.05) is 0 Å². The molecule has 4 atom stereocenters. The van der Waals surface area contributed by atoms with Gasteiger partial charge in [0.15, 0.2) is 0 Å². The summed E-state index contributed by atoms with van der Waals surface area (Å²) in [5.74, 6) is 4.01. The van der Waals surface area contributed by atoms with Crippen LogP contribution in [0.4, 0.5) is 0 Å². The number of hydrogen-bond donors (Lipinski definition) is 0. The largest absolute Gasteiger partial charge is 0.0651 e. The normalized spacial score (nSPS) is 38.5. The van der Waals surface area contributed by atoms with Crippen LogP contribution in [0.25, 0.3) is 0 Å². The van der Waals surface area contributed by atoms with Crippen molar-refractivity contribution in [3.05, 3.63) is 0 Å². The van der Waals surface area contributed by atoms with E-state index in [2.05, 4.69) is 27.7 Å². The lowest BCUT2D eigenvalue weighted by Gasteiger charge is -2.21. The molecule has 0 aliphatic heterocycles. The minimum absolute atomic E-state index is 0.955. The summed E-state index contributed by atoms with van der Waals surface area (Å²) in [6.07, 6.45) is 5.76. The van der Waals surface area contributed by atoms with Gasteiger partial charge in [0.1, 0.15) is 0 Å². The van der Waals surface area contributed by atoms with Gasteiger partial charge in [-0.15, -0.1) is 0 Å². The summed E-state index contributed by atoms with van der Waals surface area (Å²) in [4.78, 5) is 0. The molecule has 1 saturated carbocycles. The summed E-state index contributed by atoms with van der Waals surface area (Å²) in [6.45, 7) is 9.55. The Kier molecular flexibility index (Phi) is 3.61. The van der Waals surface area contributed by atoms with Gasteiger partial charge in [-0.25, -0.2) is 0 Å². The monoisotopic (exact) mass is 168 g/mol. The first-order valence-corrected chi connectivity index (χ1v) is 5.69. The van der Waals surface area contributed by atoms with Crippen LogP contribution in [-0.4, -0.2) is 0 Å². The third kappa shape index (κ3) is 2.02. The van der Waals surface area contributed by atoms with E-state index < -0.39 is 0 Å². The van der Waals surface area contributed by atoms with Gasteiger partial charge in [0.25, 0.3) is 0 Å². The Morgan fingerprint density at radius 3 is 2.33 bits per heavy atom. The number of rotatable bonds is 3. The SMILES string of the molecule is CCC1CC(C)C(C(C)CC)C1. The van der Waals surface area contributed by atoms with Gasteiger partial charge in [0, 0.05) is 0 Å². The molecular weight excluding hydrogens is 144 g/mol. The molecule has 0 heterocycles.